The van der Waals surface area contributed by atoms with Gasteiger partial charge in [0.05, 0.1) is 5.69 Å². The van der Waals surface area contributed by atoms with Crippen LogP contribution in [-0.2, 0) is 0 Å². The Morgan fingerprint density at radius 3 is 2.45 bits per heavy atom. The Morgan fingerprint density at radius 2 is 1.85 bits per heavy atom. The maximum absolute atomic E-state index is 4.24. The van der Waals surface area contributed by atoms with Gasteiger partial charge in [-0.3, -0.25) is 0 Å². The van der Waals surface area contributed by atoms with E-state index >= 15 is 0 Å². The fraction of sp³-hybridized carbons (Fsp3) is 0.471. The number of hydrogen-bond acceptors (Lipinski definition) is 2. The van der Waals surface area contributed by atoms with E-state index in [0.29, 0.717) is 11.5 Å². The van der Waals surface area contributed by atoms with Crippen LogP contribution in [0.3, 0.4) is 0 Å². The smallest absolute Gasteiger partial charge is 0.0647 e. The second-order valence-corrected chi connectivity index (χ2v) is 6.58. The van der Waals surface area contributed by atoms with Crippen molar-refractivity contribution in [2.75, 3.05) is 5.32 Å². The average molecular weight is 269 g/mol. The van der Waals surface area contributed by atoms with E-state index in [1.165, 1.54) is 31.4 Å². The number of benzene rings is 1. The molecule has 1 saturated carbocycles. The molecule has 1 fully saturated rings. The number of aromatic nitrogens is 2. The van der Waals surface area contributed by atoms with Gasteiger partial charge in [-0.05, 0) is 61.4 Å². The predicted octanol–water partition coefficient (Wildman–Crippen LogP) is 4.25. The van der Waals surface area contributed by atoms with Gasteiger partial charge in [-0.2, -0.15) is 5.10 Å². The monoisotopic (exact) mass is 269 g/mol. The molecule has 3 rings (SSSR count). The maximum Gasteiger partial charge on any atom is 0.0647 e. The first-order valence-electron chi connectivity index (χ1n) is 7.49. The van der Waals surface area contributed by atoms with Crippen LogP contribution in [0.15, 0.2) is 42.7 Å². The second kappa shape index (κ2) is 5.31. The largest absolute Gasteiger partial charge is 0.382 e. The quantitative estimate of drug-likeness (QED) is 0.902. The van der Waals surface area contributed by atoms with Crippen molar-refractivity contribution in [3.05, 3.63) is 42.7 Å². The molecule has 0 atom stereocenters. The first kappa shape index (κ1) is 13.2. The van der Waals surface area contributed by atoms with E-state index in [-0.39, 0.29) is 0 Å². The summed E-state index contributed by atoms with van der Waals surface area (Å²) in [5, 5.41) is 7.91. The lowest BCUT2D eigenvalue weighted by atomic mass is 9.75. The van der Waals surface area contributed by atoms with Crippen molar-refractivity contribution in [2.45, 2.75) is 45.6 Å². The van der Waals surface area contributed by atoms with Crippen LogP contribution in [0.4, 0.5) is 5.69 Å². The molecule has 0 bridgehead atoms. The van der Waals surface area contributed by atoms with Gasteiger partial charge in [-0.1, -0.05) is 13.8 Å². The van der Waals surface area contributed by atoms with Crippen LogP contribution in [0.2, 0.25) is 0 Å². The van der Waals surface area contributed by atoms with Crippen molar-refractivity contribution >= 4 is 5.69 Å². The summed E-state index contributed by atoms with van der Waals surface area (Å²) >= 11 is 0. The van der Waals surface area contributed by atoms with Crippen molar-refractivity contribution in [3.8, 4) is 5.69 Å². The lowest BCUT2D eigenvalue weighted by Gasteiger charge is -2.35. The van der Waals surface area contributed by atoms with Gasteiger partial charge < -0.3 is 5.32 Å². The summed E-state index contributed by atoms with van der Waals surface area (Å²) in [7, 11) is 0. The molecule has 1 aromatic heterocycles. The van der Waals surface area contributed by atoms with E-state index in [4.69, 9.17) is 0 Å². The Bertz CT molecular complexity index is 530. The normalized spacial score (nSPS) is 18.9. The highest BCUT2D eigenvalue weighted by Crippen LogP contribution is 2.36. The Kier molecular flexibility index (Phi) is 3.51. The molecule has 0 amide bonds. The highest BCUT2D eigenvalue weighted by atomic mass is 15.3. The number of nitrogens with zero attached hydrogens (tertiary/aromatic N) is 2. The minimum atomic E-state index is 0.530. The Labute approximate surface area is 121 Å². The van der Waals surface area contributed by atoms with Gasteiger partial charge in [-0.15, -0.1) is 0 Å². The van der Waals surface area contributed by atoms with Gasteiger partial charge in [-0.25, -0.2) is 4.68 Å². The van der Waals surface area contributed by atoms with E-state index in [1.807, 2.05) is 16.9 Å². The van der Waals surface area contributed by atoms with Gasteiger partial charge in [0.2, 0.25) is 0 Å². The zero-order valence-corrected chi connectivity index (χ0v) is 12.3. The summed E-state index contributed by atoms with van der Waals surface area (Å²) in [4.78, 5) is 0. The van der Waals surface area contributed by atoms with Gasteiger partial charge in [0.25, 0.3) is 0 Å². The summed E-state index contributed by atoms with van der Waals surface area (Å²) in [5.41, 5.74) is 2.85. The lowest BCUT2D eigenvalue weighted by Crippen LogP contribution is -2.29. The third-order valence-corrected chi connectivity index (χ3v) is 4.35. The molecule has 1 aliphatic carbocycles. The fourth-order valence-corrected chi connectivity index (χ4v) is 2.91. The van der Waals surface area contributed by atoms with E-state index in [1.54, 1.807) is 6.20 Å². The highest BCUT2D eigenvalue weighted by molar-refractivity contribution is 5.49. The predicted molar refractivity (Wildman–Crippen MR) is 83.2 cm³/mol. The zero-order chi connectivity index (χ0) is 14.0. The maximum atomic E-state index is 4.24. The van der Waals surface area contributed by atoms with Crippen LogP contribution in [0.25, 0.3) is 5.69 Å². The molecular weight excluding hydrogens is 246 g/mol. The van der Waals surface area contributed by atoms with Crippen LogP contribution < -0.4 is 5.32 Å². The number of anilines is 1. The van der Waals surface area contributed by atoms with Gasteiger partial charge in [0.15, 0.2) is 0 Å². The molecule has 0 radical (unpaired) electrons. The molecule has 0 aliphatic heterocycles. The fourth-order valence-electron chi connectivity index (χ4n) is 2.91. The third kappa shape index (κ3) is 3.03. The molecule has 0 spiro atoms. The van der Waals surface area contributed by atoms with Crippen molar-refractivity contribution in [2.24, 2.45) is 5.41 Å². The molecule has 3 nitrogen and oxygen atoms in total. The summed E-state index contributed by atoms with van der Waals surface area (Å²) < 4.78 is 1.88. The van der Waals surface area contributed by atoms with E-state index in [2.05, 4.69) is 48.5 Å². The molecule has 0 unspecified atom stereocenters. The topological polar surface area (TPSA) is 29.9 Å². The van der Waals surface area contributed by atoms with Crippen LogP contribution in [0.5, 0.6) is 0 Å². The Hall–Kier alpha value is -1.77. The number of hydrogen-bond donors (Lipinski definition) is 1. The minimum Gasteiger partial charge on any atom is -0.382 e. The molecular formula is C17H23N3. The summed E-state index contributed by atoms with van der Waals surface area (Å²) in [6, 6.07) is 11.1. The molecule has 1 N–H and O–H groups in total. The SMILES string of the molecule is CC1(C)CCC(Nc2ccc(-n3cccn3)cc2)CC1. The van der Waals surface area contributed by atoms with E-state index < -0.39 is 0 Å². The van der Waals surface area contributed by atoms with E-state index in [9.17, 15) is 0 Å². The van der Waals surface area contributed by atoms with Crippen molar-refractivity contribution < 1.29 is 0 Å². The molecule has 1 heterocycles. The van der Waals surface area contributed by atoms with Gasteiger partial charge >= 0.3 is 0 Å². The molecule has 1 aromatic carbocycles. The highest BCUT2D eigenvalue weighted by Gasteiger charge is 2.26. The zero-order valence-electron chi connectivity index (χ0n) is 12.3. The molecule has 2 aromatic rings. The molecule has 0 saturated heterocycles. The average Bonchev–Trinajstić information content (AvgIpc) is 2.96. The van der Waals surface area contributed by atoms with Gasteiger partial charge in [0.1, 0.15) is 0 Å². The Balaban J connectivity index is 1.61. The molecule has 106 valence electrons. The Morgan fingerprint density at radius 1 is 1.15 bits per heavy atom. The molecule has 1 aliphatic rings. The molecule has 3 heteroatoms. The lowest BCUT2D eigenvalue weighted by molar-refractivity contribution is 0.232. The summed E-state index contributed by atoms with van der Waals surface area (Å²) in [5.74, 6) is 0. The first-order valence-corrected chi connectivity index (χ1v) is 7.49. The minimum absolute atomic E-state index is 0.530. The van der Waals surface area contributed by atoms with E-state index in [0.717, 1.165) is 5.69 Å². The van der Waals surface area contributed by atoms with Crippen LogP contribution in [0.1, 0.15) is 39.5 Å². The van der Waals surface area contributed by atoms with Crippen molar-refractivity contribution in [1.82, 2.24) is 9.78 Å². The summed E-state index contributed by atoms with van der Waals surface area (Å²) in [6.07, 6.45) is 8.94. The standard InChI is InChI=1S/C17H23N3/c1-17(2)10-8-15(9-11-17)19-14-4-6-16(7-5-14)20-13-3-12-18-20/h3-7,12-13,15,19H,8-11H2,1-2H3. The van der Waals surface area contributed by atoms with Crippen molar-refractivity contribution in [3.63, 3.8) is 0 Å². The van der Waals surface area contributed by atoms with Crippen molar-refractivity contribution in [1.29, 1.82) is 0 Å². The van der Waals surface area contributed by atoms with Crippen LogP contribution in [0, 0.1) is 5.41 Å². The van der Waals surface area contributed by atoms with Crippen LogP contribution >= 0.6 is 0 Å². The summed E-state index contributed by atoms with van der Waals surface area (Å²) in [6.45, 7) is 4.75. The molecule has 20 heavy (non-hydrogen) atoms. The number of rotatable bonds is 3. The second-order valence-electron chi connectivity index (χ2n) is 6.58. The van der Waals surface area contributed by atoms with Crippen LogP contribution in [-0.4, -0.2) is 15.8 Å². The van der Waals surface area contributed by atoms with Gasteiger partial charge in [0, 0.05) is 24.1 Å². The third-order valence-electron chi connectivity index (χ3n) is 4.35. The number of nitrogens with one attached hydrogen (secondary N) is 1. The first-order chi connectivity index (χ1) is 9.62.